The molecule has 5 nitrogen and oxygen atoms in total. The molecule has 0 bridgehead atoms. The minimum atomic E-state index is -3.33. The van der Waals surface area contributed by atoms with E-state index in [2.05, 4.69) is 0 Å². The molecule has 1 atom stereocenters. The van der Waals surface area contributed by atoms with E-state index in [1.54, 1.807) is 24.0 Å². The Labute approximate surface area is 119 Å². The second-order valence-corrected chi connectivity index (χ2v) is 7.64. The fraction of sp³-hybridized carbons (Fsp3) is 0.500. The fourth-order valence-electron chi connectivity index (χ4n) is 2.44. The molecule has 0 aromatic heterocycles. The van der Waals surface area contributed by atoms with Crippen LogP contribution in [0.3, 0.4) is 0 Å². The van der Waals surface area contributed by atoms with E-state index in [0.717, 1.165) is 12.7 Å². The van der Waals surface area contributed by atoms with E-state index in [4.69, 9.17) is 0 Å². The Hall–Kier alpha value is -1.40. The van der Waals surface area contributed by atoms with Crippen molar-refractivity contribution in [3.63, 3.8) is 0 Å². The van der Waals surface area contributed by atoms with Gasteiger partial charge >= 0.3 is 0 Å². The molecule has 2 rings (SSSR count). The van der Waals surface area contributed by atoms with Crippen LogP contribution in [-0.2, 0) is 9.84 Å². The summed E-state index contributed by atoms with van der Waals surface area (Å²) in [6.07, 6.45) is 2.52. The average Bonchev–Trinajstić information content (AvgIpc) is 2.36. The summed E-state index contributed by atoms with van der Waals surface area (Å²) in [7, 11) is -3.33. The first-order chi connectivity index (χ1) is 9.19. The maximum atomic E-state index is 12.4. The van der Waals surface area contributed by atoms with Crippen LogP contribution in [0.5, 0.6) is 0 Å². The van der Waals surface area contributed by atoms with Crippen LogP contribution >= 0.6 is 0 Å². The predicted octanol–water partition coefficient (Wildman–Crippen LogP) is 1.08. The topological polar surface area (TPSA) is 74.7 Å². The summed E-state index contributed by atoms with van der Waals surface area (Å²) < 4.78 is 23.0. The van der Waals surface area contributed by atoms with Gasteiger partial charge in [0.05, 0.1) is 10.5 Å². The van der Waals surface area contributed by atoms with E-state index in [1.165, 1.54) is 12.1 Å². The van der Waals surface area contributed by atoms with Crippen LogP contribution < -0.4 is 0 Å². The van der Waals surface area contributed by atoms with Gasteiger partial charge in [-0.05, 0) is 38.0 Å². The van der Waals surface area contributed by atoms with Crippen molar-refractivity contribution < 1.29 is 18.3 Å². The lowest BCUT2D eigenvalue weighted by Crippen LogP contribution is -2.48. The molecule has 0 saturated carbocycles. The molecular formula is C14H19NO4S. The van der Waals surface area contributed by atoms with Gasteiger partial charge < -0.3 is 10.0 Å². The number of piperidine rings is 1. The molecule has 1 amide bonds. The van der Waals surface area contributed by atoms with Crippen molar-refractivity contribution in [3.8, 4) is 0 Å². The minimum Gasteiger partial charge on any atom is -0.388 e. The van der Waals surface area contributed by atoms with Crippen LogP contribution in [0, 0.1) is 0 Å². The van der Waals surface area contributed by atoms with Crippen molar-refractivity contribution in [3.05, 3.63) is 29.8 Å². The van der Waals surface area contributed by atoms with Crippen molar-refractivity contribution in [2.24, 2.45) is 0 Å². The van der Waals surface area contributed by atoms with Gasteiger partial charge in [0.25, 0.3) is 5.91 Å². The number of hydrogen-bond donors (Lipinski definition) is 1. The highest BCUT2D eigenvalue weighted by molar-refractivity contribution is 7.90. The molecule has 1 N–H and O–H groups in total. The maximum Gasteiger partial charge on any atom is 0.253 e. The lowest BCUT2D eigenvalue weighted by atomic mass is 9.94. The highest BCUT2D eigenvalue weighted by Crippen LogP contribution is 2.22. The minimum absolute atomic E-state index is 0.132. The number of rotatable bonds is 2. The molecule has 20 heavy (non-hydrogen) atoms. The van der Waals surface area contributed by atoms with Crippen LogP contribution in [0.15, 0.2) is 29.2 Å². The van der Waals surface area contributed by atoms with Gasteiger partial charge in [-0.25, -0.2) is 8.42 Å². The molecule has 1 fully saturated rings. The molecule has 6 heteroatoms. The molecule has 1 saturated heterocycles. The molecule has 0 aliphatic carbocycles. The van der Waals surface area contributed by atoms with Crippen molar-refractivity contribution in [2.45, 2.75) is 30.3 Å². The van der Waals surface area contributed by atoms with Gasteiger partial charge in [-0.1, -0.05) is 6.07 Å². The number of carbonyl (C=O) groups excluding carboxylic acids is 1. The highest BCUT2D eigenvalue weighted by atomic mass is 32.2. The van der Waals surface area contributed by atoms with E-state index in [9.17, 15) is 18.3 Å². The third-order valence-electron chi connectivity index (χ3n) is 3.47. The standard InChI is InChI=1S/C14H19NO4S/c1-14(17)7-4-8-15(10-14)13(16)11-5-3-6-12(9-11)20(2,18)19/h3,5-6,9,17H,4,7-8,10H2,1-2H3. The molecule has 1 aliphatic rings. The zero-order chi connectivity index (χ0) is 15.0. The molecule has 110 valence electrons. The smallest absolute Gasteiger partial charge is 0.253 e. The Bertz CT molecular complexity index is 622. The molecule has 0 spiro atoms. The maximum absolute atomic E-state index is 12.4. The van der Waals surface area contributed by atoms with E-state index < -0.39 is 15.4 Å². The summed E-state index contributed by atoms with van der Waals surface area (Å²) in [5.74, 6) is -0.240. The number of nitrogens with zero attached hydrogens (tertiary/aromatic N) is 1. The Morgan fingerprint density at radius 3 is 2.70 bits per heavy atom. The van der Waals surface area contributed by atoms with Gasteiger partial charge in [0.1, 0.15) is 0 Å². The van der Waals surface area contributed by atoms with Gasteiger partial charge in [0.2, 0.25) is 0 Å². The van der Waals surface area contributed by atoms with Crippen molar-refractivity contribution in [1.82, 2.24) is 4.90 Å². The molecule has 1 aliphatic heterocycles. The Balaban J connectivity index is 2.26. The number of likely N-dealkylation sites (tertiary alicyclic amines) is 1. The number of hydrogen-bond acceptors (Lipinski definition) is 4. The predicted molar refractivity (Wildman–Crippen MR) is 75.3 cm³/mol. The number of carbonyl (C=O) groups is 1. The molecule has 1 unspecified atom stereocenters. The van der Waals surface area contributed by atoms with E-state index in [-0.39, 0.29) is 17.3 Å². The molecule has 0 radical (unpaired) electrons. The molecular weight excluding hydrogens is 278 g/mol. The number of aliphatic hydroxyl groups is 1. The number of benzene rings is 1. The Morgan fingerprint density at radius 1 is 1.40 bits per heavy atom. The van der Waals surface area contributed by atoms with E-state index in [0.29, 0.717) is 18.5 Å². The molecule has 1 aromatic carbocycles. The van der Waals surface area contributed by atoms with Crippen LogP contribution in [0.25, 0.3) is 0 Å². The number of β-amino-alcohol motifs (C(OH)–C–C–N with tert-alkyl or cyclic N) is 1. The summed E-state index contributed by atoms with van der Waals surface area (Å²) in [6, 6.07) is 6.02. The fourth-order valence-corrected chi connectivity index (χ4v) is 3.10. The van der Waals surface area contributed by atoms with Gasteiger partial charge in [-0.15, -0.1) is 0 Å². The highest BCUT2D eigenvalue weighted by Gasteiger charge is 2.31. The first kappa shape index (κ1) is 15.0. The Morgan fingerprint density at radius 2 is 2.10 bits per heavy atom. The van der Waals surface area contributed by atoms with Gasteiger partial charge in [-0.2, -0.15) is 0 Å². The Kier molecular flexibility index (Phi) is 3.88. The number of sulfone groups is 1. The van der Waals surface area contributed by atoms with Crippen LogP contribution in [0.1, 0.15) is 30.1 Å². The summed E-state index contributed by atoms with van der Waals surface area (Å²) in [6.45, 7) is 2.56. The van der Waals surface area contributed by atoms with Gasteiger partial charge in [0, 0.05) is 24.9 Å². The quantitative estimate of drug-likeness (QED) is 0.886. The number of amides is 1. The van der Waals surface area contributed by atoms with E-state index >= 15 is 0 Å². The second kappa shape index (κ2) is 5.18. The largest absolute Gasteiger partial charge is 0.388 e. The first-order valence-electron chi connectivity index (χ1n) is 6.51. The summed E-state index contributed by atoms with van der Waals surface area (Å²) in [5.41, 5.74) is -0.534. The van der Waals surface area contributed by atoms with Crippen molar-refractivity contribution in [2.75, 3.05) is 19.3 Å². The summed E-state index contributed by atoms with van der Waals surface area (Å²) in [4.78, 5) is 14.1. The lowest BCUT2D eigenvalue weighted by Gasteiger charge is -2.36. The monoisotopic (exact) mass is 297 g/mol. The van der Waals surface area contributed by atoms with Crippen LogP contribution in [-0.4, -0.2) is 49.3 Å². The van der Waals surface area contributed by atoms with Crippen molar-refractivity contribution in [1.29, 1.82) is 0 Å². The lowest BCUT2D eigenvalue weighted by molar-refractivity contribution is -0.0107. The third kappa shape index (κ3) is 3.37. The van der Waals surface area contributed by atoms with E-state index in [1.807, 2.05) is 0 Å². The van der Waals surface area contributed by atoms with Gasteiger partial charge in [0.15, 0.2) is 9.84 Å². The van der Waals surface area contributed by atoms with Crippen LogP contribution in [0.2, 0.25) is 0 Å². The summed E-state index contributed by atoms with van der Waals surface area (Å²) >= 11 is 0. The van der Waals surface area contributed by atoms with Crippen molar-refractivity contribution >= 4 is 15.7 Å². The third-order valence-corrected chi connectivity index (χ3v) is 4.58. The SMILES string of the molecule is CC1(O)CCCN(C(=O)c2cccc(S(C)(=O)=O)c2)C1. The first-order valence-corrected chi connectivity index (χ1v) is 8.40. The second-order valence-electron chi connectivity index (χ2n) is 5.63. The zero-order valence-corrected chi connectivity index (χ0v) is 12.5. The van der Waals surface area contributed by atoms with Gasteiger partial charge in [-0.3, -0.25) is 4.79 Å². The van der Waals surface area contributed by atoms with Crippen LogP contribution in [0.4, 0.5) is 0 Å². The average molecular weight is 297 g/mol. The molecule has 1 aromatic rings. The zero-order valence-electron chi connectivity index (χ0n) is 11.7. The normalized spacial score (nSPS) is 23.6. The summed E-state index contributed by atoms with van der Waals surface area (Å²) in [5, 5.41) is 10.0. The molecule has 1 heterocycles.